The first-order valence-electron chi connectivity index (χ1n) is 7.58. The monoisotopic (exact) mass is 283 g/mol. The smallest absolute Gasteiger partial charge is 0.326 e. The summed E-state index contributed by atoms with van der Waals surface area (Å²) in [6, 6.07) is 0.412. The van der Waals surface area contributed by atoms with Crippen LogP contribution in [0.4, 0.5) is 0 Å². The quantitative estimate of drug-likeness (QED) is 0.769. The fourth-order valence-electron chi connectivity index (χ4n) is 3.11. The maximum Gasteiger partial charge on any atom is 0.326 e. The highest BCUT2D eigenvalue weighted by molar-refractivity contribution is 5.84. The van der Waals surface area contributed by atoms with E-state index in [0.717, 1.165) is 39.0 Å². The fourth-order valence-corrected chi connectivity index (χ4v) is 3.11. The molecular weight excluding hydrogens is 254 g/mol. The van der Waals surface area contributed by atoms with Crippen molar-refractivity contribution >= 4 is 5.97 Å². The molecule has 0 amide bonds. The minimum atomic E-state index is -0.347. The zero-order valence-corrected chi connectivity index (χ0v) is 13.5. The lowest BCUT2D eigenvalue weighted by atomic mass is 10.0. The number of hydrogen-bond donors (Lipinski definition) is 1. The van der Waals surface area contributed by atoms with Gasteiger partial charge in [0.25, 0.3) is 0 Å². The molecule has 1 saturated heterocycles. The number of carbonyl (C=O) groups is 1. The summed E-state index contributed by atoms with van der Waals surface area (Å²) in [6.45, 7) is 10.8. The summed E-state index contributed by atoms with van der Waals surface area (Å²) in [5.74, 6) is -0.0801. The third kappa shape index (κ3) is 3.15. The molecule has 0 bridgehead atoms. The minimum absolute atomic E-state index is 0.0801. The number of methoxy groups -OCH3 is 1. The predicted octanol–water partition coefficient (Wildman–Crippen LogP) is 0.696. The van der Waals surface area contributed by atoms with Gasteiger partial charge in [-0.2, -0.15) is 0 Å². The van der Waals surface area contributed by atoms with Crippen molar-refractivity contribution in [3.05, 3.63) is 0 Å². The molecule has 0 aromatic heterocycles. The zero-order chi connectivity index (χ0) is 15.0. The van der Waals surface area contributed by atoms with Gasteiger partial charge in [0.05, 0.1) is 7.11 Å². The van der Waals surface area contributed by atoms with Crippen LogP contribution in [0.25, 0.3) is 0 Å². The van der Waals surface area contributed by atoms with E-state index in [1.54, 1.807) is 0 Å². The molecule has 1 N–H and O–H groups in total. The molecule has 0 spiro atoms. The molecule has 1 atom stereocenters. The molecule has 5 heteroatoms. The summed E-state index contributed by atoms with van der Waals surface area (Å²) < 4.78 is 4.95. The molecule has 0 radical (unpaired) electrons. The maximum absolute atomic E-state index is 11.9. The van der Waals surface area contributed by atoms with Crippen molar-refractivity contribution < 1.29 is 9.53 Å². The van der Waals surface area contributed by atoms with Gasteiger partial charge >= 0.3 is 5.97 Å². The number of ether oxygens (including phenoxy) is 1. The third-order valence-corrected chi connectivity index (χ3v) is 4.72. The molecule has 116 valence electrons. The standard InChI is InChI=1S/C15H29N3O2/c1-14(2,3)18-9-8-16-12(11-18)10-17(4)15(6-7-15)13(19)20-5/h12,16H,6-11H2,1-5H3. The number of carbonyl (C=O) groups excluding carboxylic acids is 1. The van der Waals surface area contributed by atoms with Gasteiger partial charge in [0.1, 0.15) is 5.54 Å². The molecule has 0 aromatic carbocycles. The molecule has 0 aromatic rings. The van der Waals surface area contributed by atoms with Crippen LogP contribution in [0.2, 0.25) is 0 Å². The molecule has 1 aliphatic carbocycles. The normalized spacial score (nSPS) is 26.6. The lowest BCUT2D eigenvalue weighted by Crippen LogP contribution is -2.60. The van der Waals surface area contributed by atoms with E-state index in [2.05, 4.69) is 35.9 Å². The van der Waals surface area contributed by atoms with Crippen molar-refractivity contribution in [3.63, 3.8) is 0 Å². The van der Waals surface area contributed by atoms with Crippen LogP contribution in [0.3, 0.4) is 0 Å². The molecule has 1 heterocycles. The van der Waals surface area contributed by atoms with Crippen LogP contribution >= 0.6 is 0 Å². The highest BCUT2D eigenvalue weighted by atomic mass is 16.5. The number of likely N-dealkylation sites (N-methyl/N-ethyl adjacent to an activating group) is 1. The molecule has 2 fully saturated rings. The number of rotatable bonds is 4. The van der Waals surface area contributed by atoms with Crippen LogP contribution in [0.5, 0.6) is 0 Å². The number of piperazine rings is 1. The van der Waals surface area contributed by atoms with Crippen molar-refractivity contribution in [1.29, 1.82) is 0 Å². The second kappa shape index (κ2) is 5.62. The van der Waals surface area contributed by atoms with E-state index in [1.807, 2.05) is 7.05 Å². The van der Waals surface area contributed by atoms with Crippen LogP contribution < -0.4 is 5.32 Å². The first-order valence-corrected chi connectivity index (χ1v) is 7.58. The van der Waals surface area contributed by atoms with E-state index in [0.29, 0.717) is 6.04 Å². The molecule has 2 aliphatic rings. The van der Waals surface area contributed by atoms with Gasteiger partial charge in [0.15, 0.2) is 0 Å². The third-order valence-electron chi connectivity index (χ3n) is 4.72. The second-order valence-electron chi connectivity index (χ2n) is 7.17. The first-order chi connectivity index (χ1) is 9.29. The Balaban J connectivity index is 1.92. The Morgan fingerprint density at radius 3 is 2.60 bits per heavy atom. The topological polar surface area (TPSA) is 44.8 Å². The van der Waals surface area contributed by atoms with Gasteiger partial charge in [-0.05, 0) is 40.7 Å². The van der Waals surface area contributed by atoms with Crippen molar-refractivity contribution in [2.24, 2.45) is 0 Å². The van der Waals surface area contributed by atoms with Crippen molar-refractivity contribution in [1.82, 2.24) is 15.1 Å². The average molecular weight is 283 g/mol. The SMILES string of the molecule is COC(=O)C1(N(C)CC2CN(C(C)(C)C)CCN2)CC1. The predicted molar refractivity (Wildman–Crippen MR) is 79.7 cm³/mol. The van der Waals surface area contributed by atoms with Crippen LogP contribution in [-0.4, -0.2) is 73.2 Å². The van der Waals surface area contributed by atoms with Gasteiger partial charge in [-0.15, -0.1) is 0 Å². The highest BCUT2D eigenvalue weighted by Gasteiger charge is 2.54. The van der Waals surface area contributed by atoms with Gasteiger partial charge in [-0.25, -0.2) is 0 Å². The molecular formula is C15H29N3O2. The van der Waals surface area contributed by atoms with E-state index in [9.17, 15) is 4.79 Å². The average Bonchev–Trinajstić information content (AvgIpc) is 3.18. The summed E-state index contributed by atoms with van der Waals surface area (Å²) in [5.41, 5.74) is -0.140. The Morgan fingerprint density at radius 2 is 2.10 bits per heavy atom. The van der Waals surface area contributed by atoms with Crippen molar-refractivity contribution in [2.75, 3.05) is 40.3 Å². The Kier molecular flexibility index (Phi) is 4.42. The molecule has 2 rings (SSSR count). The molecule has 5 nitrogen and oxygen atoms in total. The first kappa shape index (κ1) is 15.7. The summed E-state index contributed by atoms with van der Waals surface area (Å²) in [4.78, 5) is 16.6. The van der Waals surface area contributed by atoms with Crippen LogP contribution in [0, 0.1) is 0 Å². The van der Waals surface area contributed by atoms with E-state index >= 15 is 0 Å². The van der Waals surface area contributed by atoms with Crippen LogP contribution in [-0.2, 0) is 9.53 Å². The van der Waals surface area contributed by atoms with E-state index in [-0.39, 0.29) is 17.0 Å². The molecule has 1 aliphatic heterocycles. The summed E-state index contributed by atoms with van der Waals surface area (Å²) in [7, 11) is 3.53. The molecule has 1 saturated carbocycles. The van der Waals surface area contributed by atoms with E-state index < -0.39 is 0 Å². The Hall–Kier alpha value is -0.650. The largest absolute Gasteiger partial charge is 0.468 e. The zero-order valence-electron chi connectivity index (χ0n) is 13.5. The lowest BCUT2D eigenvalue weighted by molar-refractivity contribution is -0.148. The van der Waals surface area contributed by atoms with Gasteiger partial charge in [-0.1, -0.05) is 0 Å². The summed E-state index contributed by atoms with van der Waals surface area (Å²) in [5, 5.41) is 3.57. The molecule has 1 unspecified atom stereocenters. The van der Waals surface area contributed by atoms with Gasteiger partial charge in [0.2, 0.25) is 0 Å². The fraction of sp³-hybridized carbons (Fsp3) is 0.933. The number of nitrogens with zero attached hydrogens (tertiary/aromatic N) is 2. The number of esters is 1. The maximum atomic E-state index is 11.9. The number of hydrogen-bond acceptors (Lipinski definition) is 5. The highest BCUT2D eigenvalue weighted by Crippen LogP contribution is 2.42. The van der Waals surface area contributed by atoms with Crippen molar-refractivity contribution in [2.45, 2.75) is 50.7 Å². The van der Waals surface area contributed by atoms with Crippen LogP contribution in [0.15, 0.2) is 0 Å². The summed E-state index contributed by atoms with van der Waals surface area (Å²) >= 11 is 0. The Morgan fingerprint density at radius 1 is 1.45 bits per heavy atom. The van der Waals surface area contributed by atoms with Crippen molar-refractivity contribution in [3.8, 4) is 0 Å². The van der Waals surface area contributed by atoms with E-state index in [4.69, 9.17) is 4.74 Å². The van der Waals surface area contributed by atoms with E-state index in [1.165, 1.54) is 7.11 Å². The minimum Gasteiger partial charge on any atom is -0.468 e. The van der Waals surface area contributed by atoms with Gasteiger partial charge in [0, 0.05) is 37.8 Å². The second-order valence-corrected chi connectivity index (χ2v) is 7.17. The summed E-state index contributed by atoms with van der Waals surface area (Å²) in [6.07, 6.45) is 1.84. The van der Waals surface area contributed by atoms with Gasteiger partial charge < -0.3 is 10.1 Å². The lowest BCUT2D eigenvalue weighted by Gasteiger charge is -2.43. The Labute approximate surface area is 122 Å². The Bertz CT molecular complexity index is 361. The van der Waals surface area contributed by atoms with Crippen LogP contribution in [0.1, 0.15) is 33.6 Å². The van der Waals surface area contributed by atoms with Gasteiger partial charge in [-0.3, -0.25) is 14.6 Å². The molecule has 20 heavy (non-hydrogen) atoms. The number of nitrogens with one attached hydrogen (secondary N) is 1.